The van der Waals surface area contributed by atoms with Gasteiger partial charge in [0.25, 0.3) is 0 Å². The molecule has 0 bridgehead atoms. The number of rotatable bonds is 6. The number of ether oxygens (including phenoxy) is 2. The molecule has 3 atom stereocenters. The van der Waals surface area contributed by atoms with Crippen molar-refractivity contribution in [3.05, 3.63) is 65.7 Å². The Balaban J connectivity index is 1.43. The summed E-state index contributed by atoms with van der Waals surface area (Å²) < 4.78 is 11.9. The topological polar surface area (TPSA) is 88.7 Å². The molecule has 1 amide bonds. The second-order valence-corrected chi connectivity index (χ2v) is 10.4. The van der Waals surface area contributed by atoms with Crippen molar-refractivity contribution in [2.45, 2.75) is 69.8 Å². The minimum absolute atomic E-state index is 0.125. The average molecular weight is 480 g/mol. The molecule has 4 rings (SSSR count). The van der Waals surface area contributed by atoms with Gasteiger partial charge in [-0.2, -0.15) is 0 Å². The summed E-state index contributed by atoms with van der Waals surface area (Å²) in [5, 5.41) is 9.83. The minimum Gasteiger partial charge on any atom is -0.456 e. The van der Waals surface area contributed by atoms with Gasteiger partial charge in [0.2, 0.25) is 5.91 Å². The maximum Gasteiger partial charge on any atom is 0.338 e. The average Bonchev–Trinajstić information content (AvgIpc) is 2.84. The summed E-state index contributed by atoms with van der Waals surface area (Å²) in [6.45, 7) is 8.09. The van der Waals surface area contributed by atoms with Gasteiger partial charge in [0.1, 0.15) is 11.6 Å². The Morgan fingerprint density at radius 1 is 0.971 bits per heavy atom. The molecule has 0 spiro atoms. The highest BCUT2D eigenvalue weighted by Gasteiger charge is 2.37. The molecule has 2 aliphatic rings. The van der Waals surface area contributed by atoms with Crippen LogP contribution in [-0.2, 0) is 14.3 Å². The molecule has 0 aromatic heterocycles. The largest absolute Gasteiger partial charge is 0.456 e. The lowest BCUT2D eigenvalue weighted by atomic mass is 9.86. The highest BCUT2D eigenvalue weighted by atomic mass is 16.6. The number of esters is 1. The summed E-state index contributed by atoms with van der Waals surface area (Å²) in [7, 11) is 0. The van der Waals surface area contributed by atoms with Crippen LogP contribution in [0.15, 0.2) is 54.6 Å². The van der Waals surface area contributed by atoms with E-state index in [0.29, 0.717) is 23.7 Å². The van der Waals surface area contributed by atoms with E-state index >= 15 is 0 Å². The molecule has 0 aliphatic carbocycles. The fourth-order valence-electron chi connectivity index (χ4n) is 4.70. The first-order valence-electron chi connectivity index (χ1n) is 12.6. The molecule has 2 aliphatic heterocycles. The Bertz CT molecular complexity index is 982. The van der Waals surface area contributed by atoms with Crippen LogP contribution in [0, 0.1) is 0 Å². The van der Waals surface area contributed by atoms with Crippen molar-refractivity contribution in [3.8, 4) is 0 Å². The summed E-state index contributed by atoms with van der Waals surface area (Å²) in [4.78, 5) is 25.6. The molecule has 35 heavy (non-hydrogen) atoms. The SMILES string of the molecule is CC(C)(C)OC(=O)c1ccc(NC(=O)C2NCC(c3ccccc3)CC2OC2CCNCC2)cc1. The van der Waals surface area contributed by atoms with Crippen LogP contribution in [0.25, 0.3) is 0 Å². The predicted octanol–water partition coefficient (Wildman–Crippen LogP) is 3.86. The number of carbonyl (C=O) groups excluding carboxylic acids is 2. The molecule has 2 aromatic carbocycles. The lowest BCUT2D eigenvalue weighted by molar-refractivity contribution is -0.127. The van der Waals surface area contributed by atoms with E-state index in [1.54, 1.807) is 24.3 Å². The highest BCUT2D eigenvalue weighted by Crippen LogP contribution is 2.29. The number of carbonyl (C=O) groups is 2. The number of hydrogen-bond donors (Lipinski definition) is 3. The predicted molar refractivity (Wildman–Crippen MR) is 137 cm³/mol. The first-order valence-corrected chi connectivity index (χ1v) is 12.6. The number of amides is 1. The van der Waals surface area contributed by atoms with Crippen molar-refractivity contribution in [2.75, 3.05) is 25.0 Å². The van der Waals surface area contributed by atoms with Gasteiger partial charge in [-0.05, 0) is 88.9 Å². The second kappa shape index (κ2) is 11.3. The van der Waals surface area contributed by atoms with Gasteiger partial charge in [0.15, 0.2) is 0 Å². The zero-order valence-corrected chi connectivity index (χ0v) is 20.9. The third-order valence-electron chi connectivity index (χ3n) is 6.47. The summed E-state index contributed by atoms with van der Waals surface area (Å²) in [5.41, 5.74) is 1.79. The molecule has 188 valence electrons. The molecule has 7 heteroatoms. The normalized spacial score (nSPS) is 23.5. The zero-order valence-electron chi connectivity index (χ0n) is 20.9. The fourth-order valence-corrected chi connectivity index (χ4v) is 4.70. The first-order chi connectivity index (χ1) is 16.8. The number of anilines is 1. The van der Waals surface area contributed by atoms with Crippen LogP contribution in [0.3, 0.4) is 0 Å². The van der Waals surface area contributed by atoms with Crippen molar-refractivity contribution in [3.63, 3.8) is 0 Å². The van der Waals surface area contributed by atoms with Crippen LogP contribution in [0.1, 0.15) is 61.9 Å². The van der Waals surface area contributed by atoms with Crippen LogP contribution in [0.5, 0.6) is 0 Å². The molecule has 0 radical (unpaired) electrons. The van der Waals surface area contributed by atoms with Crippen molar-refractivity contribution in [1.82, 2.24) is 10.6 Å². The second-order valence-electron chi connectivity index (χ2n) is 10.4. The molecule has 2 aromatic rings. The van der Waals surface area contributed by atoms with Gasteiger partial charge in [0.05, 0.1) is 17.8 Å². The van der Waals surface area contributed by atoms with Gasteiger partial charge in [-0.25, -0.2) is 4.79 Å². The van der Waals surface area contributed by atoms with Gasteiger partial charge in [0, 0.05) is 12.2 Å². The highest BCUT2D eigenvalue weighted by molar-refractivity contribution is 5.96. The molecular formula is C28H37N3O4. The van der Waals surface area contributed by atoms with Crippen LogP contribution < -0.4 is 16.0 Å². The van der Waals surface area contributed by atoms with Crippen molar-refractivity contribution in [1.29, 1.82) is 0 Å². The van der Waals surface area contributed by atoms with Gasteiger partial charge < -0.3 is 25.4 Å². The van der Waals surface area contributed by atoms with Crippen LogP contribution in [-0.4, -0.2) is 55.4 Å². The Morgan fingerprint density at radius 3 is 2.31 bits per heavy atom. The monoisotopic (exact) mass is 479 g/mol. The maximum absolute atomic E-state index is 13.3. The van der Waals surface area contributed by atoms with E-state index < -0.39 is 11.6 Å². The molecule has 7 nitrogen and oxygen atoms in total. The molecular weight excluding hydrogens is 442 g/mol. The van der Waals surface area contributed by atoms with E-state index in [9.17, 15) is 9.59 Å². The lowest BCUT2D eigenvalue weighted by Crippen LogP contribution is -2.56. The molecule has 2 heterocycles. The molecule has 0 saturated carbocycles. The van der Waals surface area contributed by atoms with E-state index in [2.05, 4.69) is 40.2 Å². The molecule has 2 fully saturated rings. The quantitative estimate of drug-likeness (QED) is 0.545. The Kier molecular flexibility index (Phi) is 8.21. The smallest absolute Gasteiger partial charge is 0.338 e. The van der Waals surface area contributed by atoms with E-state index in [1.165, 1.54) is 5.56 Å². The van der Waals surface area contributed by atoms with Gasteiger partial charge in [-0.15, -0.1) is 0 Å². The standard InChI is InChI=1S/C28H37N3O4/c1-28(2,3)35-27(33)20-9-11-22(12-10-20)31-26(32)25-24(34-23-13-15-29-16-14-23)17-21(18-30-25)19-7-5-4-6-8-19/h4-12,21,23-25,29-30H,13-18H2,1-3H3,(H,31,32). The third kappa shape index (κ3) is 7.13. The van der Waals surface area contributed by atoms with Gasteiger partial charge in [-0.1, -0.05) is 30.3 Å². The Labute approximate surface area is 208 Å². The van der Waals surface area contributed by atoms with Crippen molar-refractivity contribution >= 4 is 17.6 Å². The number of piperidine rings is 2. The summed E-state index contributed by atoms with van der Waals surface area (Å²) >= 11 is 0. The van der Waals surface area contributed by atoms with Gasteiger partial charge >= 0.3 is 5.97 Å². The zero-order chi connectivity index (χ0) is 24.8. The van der Waals surface area contributed by atoms with Gasteiger partial charge in [-0.3, -0.25) is 4.79 Å². The van der Waals surface area contributed by atoms with E-state index in [1.807, 2.05) is 26.8 Å². The summed E-state index contributed by atoms with van der Waals surface area (Å²) in [6, 6.07) is 16.8. The van der Waals surface area contributed by atoms with Crippen molar-refractivity contribution in [2.24, 2.45) is 0 Å². The van der Waals surface area contributed by atoms with Crippen LogP contribution >= 0.6 is 0 Å². The number of benzene rings is 2. The molecule has 2 saturated heterocycles. The maximum atomic E-state index is 13.3. The first kappa shape index (κ1) is 25.4. The molecule has 3 N–H and O–H groups in total. The Hall–Kier alpha value is -2.74. The molecule has 3 unspecified atom stereocenters. The van der Waals surface area contributed by atoms with Crippen molar-refractivity contribution < 1.29 is 19.1 Å². The van der Waals surface area contributed by atoms with Crippen LogP contribution in [0.4, 0.5) is 5.69 Å². The fraction of sp³-hybridized carbons (Fsp3) is 0.500. The minimum atomic E-state index is -0.558. The number of hydrogen-bond acceptors (Lipinski definition) is 6. The summed E-state index contributed by atoms with van der Waals surface area (Å²) in [5.74, 6) is -0.216. The van der Waals surface area contributed by atoms with Crippen LogP contribution in [0.2, 0.25) is 0 Å². The lowest BCUT2D eigenvalue weighted by Gasteiger charge is -2.39. The van der Waals surface area contributed by atoms with E-state index in [0.717, 1.165) is 32.4 Å². The summed E-state index contributed by atoms with van der Waals surface area (Å²) in [6.07, 6.45) is 2.62. The van der Waals surface area contributed by atoms with E-state index in [-0.39, 0.29) is 24.1 Å². The number of nitrogens with one attached hydrogen (secondary N) is 3. The van der Waals surface area contributed by atoms with E-state index in [4.69, 9.17) is 9.47 Å². The Morgan fingerprint density at radius 2 is 1.66 bits per heavy atom. The third-order valence-corrected chi connectivity index (χ3v) is 6.47.